The molecule has 1 rings (SSSR count). The van der Waals surface area contributed by atoms with Crippen molar-refractivity contribution >= 4 is 5.91 Å². The lowest BCUT2D eigenvalue weighted by Crippen LogP contribution is -2.45. The van der Waals surface area contributed by atoms with Crippen LogP contribution in [0, 0.1) is 0 Å². The highest BCUT2D eigenvalue weighted by Crippen LogP contribution is 2.10. The van der Waals surface area contributed by atoms with Gasteiger partial charge in [-0.3, -0.25) is 9.69 Å². The van der Waals surface area contributed by atoms with E-state index in [0.29, 0.717) is 18.8 Å². The molecule has 1 fully saturated rings. The van der Waals surface area contributed by atoms with Gasteiger partial charge in [-0.25, -0.2) is 0 Å². The van der Waals surface area contributed by atoms with Crippen LogP contribution in [0.4, 0.5) is 0 Å². The van der Waals surface area contributed by atoms with Crippen molar-refractivity contribution in [3.8, 4) is 0 Å². The topological polar surface area (TPSA) is 53.6 Å². The highest BCUT2D eigenvalue weighted by molar-refractivity contribution is 5.77. The first-order valence-electron chi connectivity index (χ1n) is 6.91. The smallest absolute Gasteiger partial charge is 0.233 e. The molecule has 106 valence electrons. The number of hydrogen-bond acceptors (Lipinski definition) is 4. The fourth-order valence-corrected chi connectivity index (χ4v) is 2.38. The zero-order valence-electron chi connectivity index (χ0n) is 11.9. The van der Waals surface area contributed by atoms with Crippen molar-refractivity contribution in [3.63, 3.8) is 0 Å². The minimum Gasteiger partial charge on any atom is -0.373 e. The first-order chi connectivity index (χ1) is 8.61. The molecule has 0 aromatic heterocycles. The maximum absolute atomic E-state index is 11.2. The molecule has 5 nitrogen and oxygen atoms in total. The first kappa shape index (κ1) is 15.4. The van der Waals surface area contributed by atoms with E-state index in [0.717, 1.165) is 39.0 Å². The quantitative estimate of drug-likeness (QED) is 0.640. The summed E-state index contributed by atoms with van der Waals surface area (Å²) in [7, 11) is 1.78. The fraction of sp³-hybridized carbons (Fsp3) is 0.923. The normalized spacial score (nSPS) is 25.1. The number of rotatable bonds is 7. The lowest BCUT2D eigenvalue weighted by Gasteiger charge is -2.35. The van der Waals surface area contributed by atoms with Gasteiger partial charge in [-0.05, 0) is 40.3 Å². The van der Waals surface area contributed by atoms with Crippen molar-refractivity contribution < 1.29 is 9.53 Å². The Morgan fingerprint density at radius 3 is 2.56 bits per heavy atom. The van der Waals surface area contributed by atoms with Crippen LogP contribution in [0.3, 0.4) is 0 Å². The molecule has 5 heteroatoms. The van der Waals surface area contributed by atoms with Gasteiger partial charge in [0.2, 0.25) is 5.91 Å². The molecule has 1 aliphatic heterocycles. The van der Waals surface area contributed by atoms with Crippen LogP contribution in [0.15, 0.2) is 0 Å². The summed E-state index contributed by atoms with van der Waals surface area (Å²) in [6, 6.07) is 0. The second-order valence-corrected chi connectivity index (χ2v) is 5.10. The van der Waals surface area contributed by atoms with E-state index in [1.807, 2.05) is 0 Å². The molecule has 2 N–H and O–H groups in total. The predicted molar refractivity (Wildman–Crippen MR) is 72.6 cm³/mol. The van der Waals surface area contributed by atoms with Crippen molar-refractivity contribution in [1.82, 2.24) is 15.5 Å². The Balaban J connectivity index is 2.02. The molecule has 2 atom stereocenters. The molecule has 18 heavy (non-hydrogen) atoms. The number of nitrogens with zero attached hydrogens (tertiary/aromatic N) is 1. The van der Waals surface area contributed by atoms with Gasteiger partial charge in [0.1, 0.15) is 0 Å². The number of carbonyl (C=O) groups excluding carboxylic acids is 1. The summed E-state index contributed by atoms with van der Waals surface area (Å²) in [5.41, 5.74) is 0. The Morgan fingerprint density at radius 2 is 1.94 bits per heavy atom. The summed E-state index contributed by atoms with van der Waals surface area (Å²) in [5.74, 6) is 0.0751. The molecule has 1 heterocycles. The molecule has 0 aliphatic carbocycles. The summed E-state index contributed by atoms with van der Waals surface area (Å²) in [6.07, 6.45) is 2.84. The summed E-state index contributed by atoms with van der Waals surface area (Å²) in [5, 5.41) is 5.73. The van der Waals surface area contributed by atoms with Crippen molar-refractivity contribution in [2.24, 2.45) is 0 Å². The second kappa shape index (κ2) is 8.45. The van der Waals surface area contributed by atoms with Gasteiger partial charge < -0.3 is 15.4 Å². The molecule has 2 unspecified atom stereocenters. The summed E-state index contributed by atoms with van der Waals surface area (Å²) < 4.78 is 5.70. The molecule has 0 bridgehead atoms. The minimum absolute atomic E-state index is 0.0751. The number of likely N-dealkylation sites (N-methyl/N-ethyl adjacent to an activating group) is 1. The third-order valence-electron chi connectivity index (χ3n) is 3.06. The summed E-state index contributed by atoms with van der Waals surface area (Å²) >= 11 is 0. The number of hydrogen-bond donors (Lipinski definition) is 2. The van der Waals surface area contributed by atoms with Gasteiger partial charge in [-0.2, -0.15) is 0 Å². The highest BCUT2D eigenvalue weighted by atomic mass is 16.5. The van der Waals surface area contributed by atoms with Crippen molar-refractivity contribution in [2.45, 2.75) is 38.9 Å². The largest absolute Gasteiger partial charge is 0.373 e. The van der Waals surface area contributed by atoms with E-state index in [2.05, 4.69) is 29.4 Å². The van der Waals surface area contributed by atoms with Crippen LogP contribution in [0.25, 0.3) is 0 Å². The third kappa shape index (κ3) is 6.33. The third-order valence-corrected chi connectivity index (χ3v) is 3.06. The number of unbranched alkanes of at least 4 members (excludes halogenated alkanes) is 1. The molecule has 0 aromatic rings. The van der Waals surface area contributed by atoms with E-state index in [1.165, 1.54) is 0 Å². The molecular weight excluding hydrogens is 230 g/mol. The molecule has 0 radical (unpaired) electrons. The van der Waals surface area contributed by atoms with Crippen LogP contribution in [0.5, 0.6) is 0 Å². The van der Waals surface area contributed by atoms with E-state index >= 15 is 0 Å². The fourth-order valence-electron chi connectivity index (χ4n) is 2.38. The zero-order chi connectivity index (χ0) is 13.4. The van der Waals surface area contributed by atoms with E-state index in [1.54, 1.807) is 7.05 Å². The maximum Gasteiger partial charge on any atom is 0.233 e. The highest BCUT2D eigenvalue weighted by Gasteiger charge is 2.21. The van der Waals surface area contributed by atoms with Gasteiger partial charge in [-0.1, -0.05) is 0 Å². The van der Waals surface area contributed by atoms with Gasteiger partial charge in [0, 0.05) is 19.6 Å². The van der Waals surface area contributed by atoms with Crippen LogP contribution in [-0.4, -0.2) is 62.8 Å². The van der Waals surface area contributed by atoms with Gasteiger partial charge in [-0.15, -0.1) is 0 Å². The van der Waals surface area contributed by atoms with E-state index in [4.69, 9.17) is 4.74 Å². The molecule has 0 spiro atoms. The van der Waals surface area contributed by atoms with Crippen molar-refractivity contribution in [3.05, 3.63) is 0 Å². The Kier molecular flexibility index (Phi) is 7.23. The molecule has 0 saturated carbocycles. The Labute approximate surface area is 110 Å². The van der Waals surface area contributed by atoms with Gasteiger partial charge in [0.25, 0.3) is 0 Å². The molecule has 1 aliphatic rings. The lowest BCUT2D eigenvalue weighted by atomic mass is 10.2. The van der Waals surface area contributed by atoms with E-state index < -0.39 is 0 Å². The number of carbonyl (C=O) groups is 1. The average Bonchev–Trinajstić information content (AvgIpc) is 2.27. The van der Waals surface area contributed by atoms with Gasteiger partial charge in [0.05, 0.1) is 18.8 Å². The van der Waals surface area contributed by atoms with Crippen LogP contribution in [0.1, 0.15) is 26.7 Å². The van der Waals surface area contributed by atoms with Crippen LogP contribution in [-0.2, 0) is 9.53 Å². The minimum atomic E-state index is 0.0751. The van der Waals surface area contributed by atoms with Gasteiger partial charge in [0.15, 0.2) is 0 Å². The average molecular weight is 257 g/mol. The molecule has 1 amide bonds. The Bertz CT molecular complexity index is 238. The SMILES string of the molecule is CNCC(=O)NCCCCN1CC(C)OC(C)C1. The zero-order valence-corrected chi connectivity index (χ0v) is 11.9. The number of morpholine rings is 1. The number of amides is 1. The summed E-state index contributed by atoms with van der Waals surface area (Å²) in [4.78, 5) is 13.6. The second-order valence-electron chi connectivity index (χ2n) is 5.10. The molecule has 0 aromatic carbocycles. The lowest BCUT2D eigenvalue weighted by molar-refractivity contribution is -0.120. The predicted octanol–water partition coefficient (Wildman–Crippen LogP) is 0.211. The van der Waals surface area contributed by atoms with E-state index in [-0.39, 0.29) is 5.91 Å². The van der Waals surface area contributed by atoms with Crippen LogP contribution in [0.2, 0.25) is 0 Å². The summed E-state index contributed by atoms with van der Waals surface area (Å²) in [6.45, 7) is 8.57. The van der Waals surface area contributed by atoms with Crippen LogP contribution >= 0.6 is 0 Å². The maximum atomic E-state index is 11.2. The van der Waals surface area contributed by atoms with Crippen LogP contribution < -0.4 is 10.6 Å². The monoisotopic (exact) mass is 257 g/mol. The molecule has 1 saturated heterocycles. The Hall–Kier alpha value is -0.650. The number of nitrogens with one attached hydrogen (secondary N) is 2. The standard InChI is InChI=1S/C13H27N3O2/c1-11-9-16(10-12(2)18-11)7-5-4-6-15-13(17)8-14-3/h11-12,14H,4-10H2,1-3H3,(H,15,17). The van der Waals surface area contributed by atoms with Gasteiger partial charge >= 0.3 is 0 Å². The first-order valence-corrected chi connectivity index (χ1v) is 6.91. The van der Waals surface area contributed by atoms with Crippen molar-refractivity contribution in [2.75, 3.05) is 39.8 Å². The number of ether oxygens (including phenoxy) is 1. The van der Waals surface area contributed by atoms with Crippen molar-refractivity contribution in [1.29, 1.82) is 0 Å². The molecular formula is C13H27N3O2. The van der Waals surface area contributed by atoms with E-state index in [9.17, 15) is 4.79 Å². The Morgan fingerprint density at radius 1 is 1.28 bits per heavy atom.